The van der Waals surface area contributed by atoms with Gasteiger partial charge in [0.05, 0.1) is 17.9 Å². The fraction of sp³-hybridized carbons (Fsp3) is 0.412. The Kier molecular flexibility index (Phi) is 4.94. The zero-order chi connectivity index (χ0) is 17.1. The second-order valence-electron chi connectivity index (χ2n) is 5.88. The molecule has 0 saturated carbocycles. The van der Waals surface area contributed by atoms with Crippen LogP contribution in [0.15, 0.2) is 30.5 Å². The van der Waals surface area contributed by atoms with E-state index in [4.69, 9.17) is 16.3 Å². The summed E-state index contributed by atoms with van der Waals surface area (Å²) >= 11 is 5.87. The highest BCUT2D eigenvalue weighted by Crippen LogP contribution is 2.21. The molecule has 0 aliphatic carbocycles. The summed E-state index contributed by atoms with van der Waals surface area (Å²) in [4.78, 5) is 14.2. The van der Waals surface area contributed by atoms with Gasteiger partial charge in [-0.2, -0.15) is 5.10 Å². The molecule has 24 heavy (non-hydrogen) atoms. The summed E-state index contributed by atoms with van der Waals surface area (Å²) in [5.41, 5.74) is 1.66. The SMILES string of the molecule is CCc1nn(C)cc1NC(=O)N1CC[C@H](Oc2ccc(Cl)cc2)C1. The second kappa shape index (κ2) is 7.13. The molecule has 1 saturated heterocycles. The minimum atomic E-state index is -0.111. The lowest BCUT2D eigenvalue weighted by molar-refractivity contribution is 0.195. The van der Waals surface area contributed by atoms with E-state index in [1.54, 1.807) is 21.7 Å². The zero-order valence-electron chi connectivity index (χ0n) is 13.8. The summed E-state index contributed by atoms with van der Waals surface area (Å²) in [5.74, 6) is 0.771. The van der Waals surface area contributed by atoms with Gasteiger partial charge in [0.25, 0.3) is 0 Å². The number of aryl methyl sites for hydroxylation is 2. The quantitative estimate of drug-likeness (QED) is 0.922. The summed E-state index contributed by atoms with van der Waals surface area (Å²) in [6, 6.07) is 7.17. The molecule has 128 valence electrons. The van der Waals surface area contributed by atoms with Crippen LogP contribution in [0.4, 0.5) is 10.5 Å². The number of hydrogen-bond donors (Lipinski definition) is 1. The van der Waals surface area contributed by atoms with Crippen LogP contribution in [0.1, 0.15) is 19.0 Å². The number of rotatable bonds is 4. The average Bonchev–Trinajstić information content (AvgIpc) is 3.16. The third-order valence-electron chi connectivity index (χ3n) is 4.03. The third-order valence-corrected chi connectivity index (χ3v) is 4.28. The van der Waals surface area contributed by atoms with Crippen LogP contribution in [0.2, 0.25) is 5.02 Å². The molecule has 0 spiro atoms. The Morgan fingerprint density at radius 1 is 1.42 bits per heavy atom. The number of ether oxygens (including phenoxy) is 1. The largest absolute Gasteiger partial charge is 0.489 e. The predicted octanol–water partition coefficient (Wildman–Crippen LogP) is 3.32. The molecule has 0 bridgehead atoms. The number of nitrogens with one attached hydrogen (secondary N) is 1. The van der Waals surface area contributed by atoms with E-state index in [-0.39, 0.29) is 12.1 Å². The summed E-state index contributed by atoms with van der Waals surface area (Å²) < 4.78 is 7.63. The number of carbonyl (C=O) groups excluding carboxylic acids is 1. The van der Waals surface area contributed by atoms with E-state index >= 15 is 0 Å². The number of hydrogen-bond acceptors (Lipinski definition) is 3. The fourth-order valence-corrected chi connectivity index (χ4v) is 2.93. The Balaban J connectivity index is 1.56. The number of nitrogens with zero attached hydrogens (tertiary/aromatic N) is 3. The number of aromatic nitrogens is 2. The minimum absolute atomic E-state index is 0.00327. The number of likely N-dealkylation sites (tertiary alicyclic amines) is 1. The van der Waals surface area contributed by atoms with Crippen LogP contribution < -0.4 is 10.1 Å². The van der Waals surface area contributed by atoms with Crippen LogP contribution in [0, 0.1) is 0 Å². The molecular formula is C17H21ClN4O2. The van der Waals surface area contributed by atoms with Gasteiger partial charge in [-0.1, -0.05) is 18.5 Å². The van der Waals surface area contributed by atoms with Gasteiger partial charge in [0.2, 0.25) is 0 Å². The van der Waals surface area contributed by atoms with E-state index in [0.29, 0.717) is 18.1 Å². The maximum absolute atomic E-state index is 12.4. The molecule has 3 rings (SSSR count). The smallest absolute Gasteiger partial charge is 0.322 e. The Morgan fingerprint density at radius 2 is 2.17 bits per heavy atom. The zero-order valence-corrected chi connectivity index (χ0v) is 14.6. The van der Waals surface area contributed by atoms with Crippen LogP contribution in [0.5, 0.6) is 5.75 Å². The normalized spacial score (nSPS) is 17.1. The van der Waals surface area contributed by atoms with Crippen LogP contribution >= 0.6 is 11.6 Å². The third kappa shape index (κ3) is 3.82. The van der Waals surface area contributed by atoms with Crippen LogP contribution in [-0.2, 0) is 13.5 Å². The highest BCUT2D eigenvalue weighted by molar-refractivity contribution is 6.30. The van der Waals surface area contributed by atoms with Crippen molar-refractivity contribution in [2.24, 2.45) is 7.05 Å². The van der Waals surface area contributed by atoms with Gasteiger partial charge in [-0.25, -0.2) is 4.79 Å². The molecule has 2 aromatic rings. The molecule has 1 N–H and O–H groups in total. The van der Waals surface area contributed by atoms with Gasteiger partial charge in [-0.3, -0.25) is 4.68 Å². The Bertz CT molecular complexity index is 714. The lowest BCUT2D eigenvalue weighted by atomic mass is 10.3. The van der Waals surface area contributed by atoms with Gasteiger partial charge in [0, 0.05) is 31.2 Å². The Labute approximate surface area is 146 Å². The standard InChI is InChI=1S/C17H21ClN4O2/c1-3-15-16(11-21(2)20-15)19-17(23)22-9-8-14(10-22)24-13-6-4-12(18)5-7-13/h4-7,11,14H,3,8-10H2,1-2H3,(H,19,23)/t14-/m0/s1. The molecule has 1 aromatic heterocycles. The number of urea groups is 1. The van der Waals surface area contributed by atoms with Crippen molar-refractivity contribution in [1.82, 2.24) is 14.7 Å². The number of carbonyl (C=O) groups is 1. The van der Waals surface area contributed by atoms with Crippen molar-refractivity contribution in [1.29, 1.82) is 0 Å². The van der Waals surface area contributed by atoms with E-state index in [2.05, 4.69) is 10.4 Å². The van der Waals surface area contributed by atoms with Crippen molar-refractivity contribution in [3.8, 4) is 5.75 Å². The minimum Gasteiger partial charge on any atom is -0.489 e. The van der Waals surface area contributed by atoms with Gasteiger partial charge in [-0.05, 0) is 30.7 Å². The first kappa shape index (κ1) is 16.6. The van der Waals surface area contributed by atoms with Crippen molar-refractivity contribution in [3.63, 3.8) is 0 Å². The molecule has 0 unspecified atom stereocenters. The average molecular weight is 349 g/mol. The highest BCUT2D eigenvalue weighted by atomic mass is 35.5. The number of amides is 2. The molecule has 1 fully saturated rings. The van der Waals surface area contributed by atoms with Gasteiger partial charge in [0.1, 0.15) is 11.9 Å². The van der Waals surface area contributed by atoms with Crippen molar-refractivity contribution in [3.05, 3.63) is 41.2 Å². The fourth-order valence-electron chi connectivity index (χ4n) is 2.81. The van der Waals surface area contributed by atoms with E-state index in [9.17, 15) is 4.79 Å². The summed E-state index contributed by atoms with van der Waals surface area (Å²) in [7, 11) is 1.85. The molecular weight excluding hydrogens is 328 g/mol. The van der Waals surface area contributed by atoms with E-state index in [1.165, 1.54) is 0 Å². The van der Waals surface area contributed by atoms with E-state index < -0.39 is 0 Å². The highest BCUT2D eigenvalue weighted by Gasteiger charge is 2.28. The van der Waals surface area contributed by atoms with Crippen LogP contribution in [0.3, 0.4) is 0 Å². The number of anilines is 1. The van der Waals surface area contributed by atoms with Gasteiger partial charge < -0.3 is 15.0 Å². The molecule has 1 aliphatic heterocycles. The molecule has 0 radical (unpaired) electrons. The van der Waals surface area contributed by atoms with Crippen LogP contribution in [0.25, 0.3) is 0 Å². The maximum Gasteiger partial charge on any atom is 0.322 e. The Hall–Kier alpha value is -2.21. The van der Waals surface area contributed by atoms with Gasteiger partial charge in [-0.15, -0.1) is 0 Å². The number of halogens is 1. The summed E-state index contributed by atoms with van der Waals surface area (Å²) in [6.45, 7) is 3.26. The van der Waals surface area contributed by atoms with Crippen molar-refractivity contribution in [2.75, 3.05) is 18.4 Å². The molecule has 1 aromatic carbocycles. The molecule has 6 nitrogen and oxygen atoms in total. The van der Waals surface area contributed by atoms with Crippen LogP contribution in [-0.4, -0.2) is 39.9 Å². The summed E-state index contributed by atoms with van der Waals surface area (Å²) in [5, 5.41) is 7.96. The molecule has 2 amide bonds. The number of benzene rings is 1. The predicted molar refractivity (Wildman–Crippen MR) is 93.7 cm³/mol. The molecule has 1 atom stereocenters. The van der Waals surface area contributed by atoms with E-state index in [1.807, 2.05) is 32.3 Å². The monoisotopic (exact) mass is 348 g/mol. The second-order valence-corrected chi connectivity index (χ2v) is 6.31. The molecule has 7 heteroatoms. The van der Waals surface area contributed by atoms with Crippen molar-refractivity contribution >= 4 is 23.3 Å². The van der Waals surface area contributed by atoms with Crippen molar-refractivity contribution in [2.45, 2.75) is 25.9 Å². The Morgan fingerprint density at radius 3 is 2.88 bits per heavy atom. The summed E-state index contributed by atoms with van der Waals surface area (Å²) in [6.07, 6.45) is 3.41. The first-order chi connectivity index (χ1) is 11.5. The van der Waals surface area contributed by atoms with Crippen molar-refractivity contribution < 1.29 is 9.53 Å². The topological polar surface area (TPSA) is 59.4 Å². The lowest BCUT2D eigenvalue weighted by Gasteiger charge is -2.18. The molecule has 2 heterocycles. The lowest BCUT2D eigenvalue weighted by Crippen LogP contribution is -2.34. The first-order valence-corrected chi connectivity index (χ1v) is 8.43. The van der Waals surface area contributed by atoms with E-state index in [0.717, 1.165) is 30.0 Å². The van der Waals surface area contributed by atoms with Gasteiger partial charge in [0.15, 0.2) is 0 Å². The molecule has 1 aliphatic rings. The van der Waals surface area contributed by atoms with Gasteiger partial charge >= 0.3 is 6.03 Å². The maximum atomic E-state index is 12.4. The first-order valence-electron chi connectivity index (χ1n) is 8.06.